The monoisotopic (exact) mass is 279 g/mol. The number of alkyl halides is 2. The molecule has 0 amide bonds. The van der Waals surface area contributed by atoms with Gasteiger partial charge in [-0.25, -0.2) is 0 Å². The molecule has 0 N–H and O–H groups in total. The van der Waals surface area contributed by atoms with Crippen LogP contribution in [0.2, 0.25) is 0 Å². The fourth-order valence-corrected chi connectivity index (χ4v) is 7.35. The van der Waals surface area contributed by atoms with E-state index in [1.807, 2.05) is 0 Å². The van der Waals surface area contributed by atoms with Gasteiger partial charge in [0.2, 0.25) is 0 Å². The first-order valence-electron chi connectivity index (χ1n) is 4.55. The van der Waals surface area contributed by atoms with Crippen molar-refractivity contribution >= 4 is 5.78 Å². The molecular formula is C10H16IO-. The van der Waals surface area contributed by atoms with E-state index in [2.05, 4.69) is 20.8 Å². The second-order valence-electron chi connectivity index (χ2n) is 4.85. The number of carbonyl (C=O) groups excluding carboxylic acids is 1. The second-order valence-corrected chi connectivity index (χ2v) is 7.58. The summed E-state index contributed by atoms with van der Waals surface area (Å²) < 4.78 is 2.61. The van der Waals surface area contributed by atoms with Gasteiger partial charge < -0.3 is 0 Å². The maximum absolute atomic E-state index is 11.8. The van der Waals surface area contributed by atoms with Gasteiger partial charge in [0, 0.05) is 0 Å². The molecule has 1 saturated carbocycles. The van der Waals surface area contributed by atoms with E-state index in [4.69, 9.17) is 0 Å². The van der Waals surface area contributed by atoms with Gasteiger partial charge in [-0.3, -0.25) is 0 Å². The van der Waals surface area contributed by atoms with Crippen LogP contribution in [0.5, 0.6) is 0 Å². The molecule has 0 aromatic rings. The van der Waals surface area contributed by atoms with E-state index in [1.54, 1.807) is 0 Å². The predicted octanol–water partition coefficient (Wildman–Crippen LogP) is -1.29. The Morgan fingerprint density at radius 3 is 2.58 bits per heavy atom. The van der Waals surface area contributed by atoms with Crippen molar-refractivity contribution in [3.05, 3.63) is 0 Å². The van der Waals surface area contributed by atoms with E-state index in [0.717, 1.165) is 12.3 Å². The molecular weight excluding hydrogens is 263 g/mol. The van der Waals surface area contributed by atoms with Crippen LogP contribution in [0.1, 0.15) is 27.2 Å². The summed E-state index contributed by atoms with van der Waals surface area (Å²) in [6.45, 7) is 6.80. The Kier molecular flexibility index (Phi) is 1.84. The van der Waals surface area contributed by atoms with Gasteiger partial charge in [-0.2, -0.15) is 0 Å². The normalized spacial score (nSPS) is 45.6. The zero-order valence-corrected chi connectivity index (χ0v) is 10.1. The summed E-state index contributed by atoms with van der Waals surface area (Å²) in [5, 5.41) is 0. The van der Waals surface area contributed by atoms with Crippen LogP contribution in [0.3, 0.4) is 0 Å². The molecule has 2 unspecified atom stereocenters. The molecule has 2 atom stereocenters. The van der Waals surface area contributed by atoms with Gasteiger partial charge in [0.05, 0.1) is 0 Å². The summed E-state index contributed by atoms with van der Waals surface area (Å²) in [7, 11) is 0. The quantitative estimate of drug-likeness (QED) is 0.398. The first-order chi connectivity index (χ1) is 5.48. The zero-order chi connectivity index (χ0) is 8.98. The summed E-state index contributed by atoms with van der Waals surface area (Å²) in [5.74, 6) is 1.27. The number of carbonyl (C=O) groups is 1. The van der Waals surface area contributed by atoms with Gasteiger partial charge >= 0.3 is 84.6 Å². The van der Waals surface area contributed by atoms with E-state index < -0.39 is 0 Å². The standard InChI is InChI=1S/C10H16IO/c1-9(2)7-4-8(12)10(9,3)6-11-5-7/h7H,4-6H2,1-3H3/q-1. The summed E-state index contributed by atoms with van der Waals surface area (Å²) in [4.78, 5) is 11.8. The summed E-state index contributed by atoms with van der Waals surface area (Å²) in [6.07, 6.45) is 0.878. The van der Waals surface area contributed by atoms with Gasteiger partial charge in [-0.05, 0) is 0 Å². The van der Waals surface area contributed by atoms with Crippen LogP contribution in [0.25, 0.3) is 0 Å². The maximum atomic E-state index is 11.8. The molecule has 0 radical (unpaired) electrons. The molecule has 1 aliphatic carbocycles. The van der Waals surface area contributed by atoms with Crippen LogP contribution >= 0.6 is 0 Å². The Morgan fingerprint density at radius 2 is 2.08 bits per heavy atom. The molecule has 70 valence electrons. The topological polar surface area (TPSA) is 17.1 Å². The molecule has 1 saturated heterocycles. The van der Waals surface area contributed by atoms with Crippen molar-refractivity contribution in [2.45, 2.75) is 27.2 Å². The van der Waals surface area contributed by atoms with E-state index >= 15 is 0 Å². The van der Waals surface area contributed by atoms with Crippen LogP contribution in [0, 0.1) is 16.7 Å². The molecule has 0 aromatic carbocycles. The Hall–Kier alpha value is 0.400. The van der Waals surface area contributed by atoms with E-state index in [9.17, 15) is 4.79 Å². The van der Waals surface area contributed by atoms with Crippen molar-refractivity contribution in [3.63, 3.8) is 0 Å². The molecule has 12 heavy (non-hydrogen) atoms. The van der Waals surface area contributed by atoms with Crippen molar-refractivity contribution in [2.24, 2.45) is 16.7 Å². The first kappa shape index (κ1) is 8.97. The minimum absolute atomic E-state index is 0.0587. The van der Waals surface area contributed by atoms with Crippen LogP contribution in [-0.2, 0) is 4.79 Å². The second kappa shape index (κ2) is 2.46. The third kappa shape index (κ3) is 0.875. The van der Waals surface area contributed by atoms with Crippen molar-refractivity contribution in [3.8, 4) is 0 Å². The van der Waals surface area contributed by atoms with Gasteiger partial charge in [0.25, 0.3) is 0 Å². The fourth-order valence-electron chi connectivity index (χ4n) is 2.38. The van der Waals surface area contributed by atoms with E-state index in [1.165, 1.54) is 8.86 Å². The third-order valence-corrected chi connectivity index (χ3v) is 7.90. The number of rotatable bonds is 0. The number of halogens is 1. The van der Waals surface area contributed by atoms with Crippen molar-refractivity contribution in [1.29, 1.82) is 0 Å². The molecule has 2 heteroatoms. The molecule has 0 aromatic heterocycles. The average Bonchev–Trinajstić information content (AvgIpc) is 2.16. The van der Waals surface area contributed by atoms with Crippen molar-refractivity contribution in [2.75, 3.05) is 8.86 Å². The zero-order valence-electron chi connectivity index (χ0n) is 7.98. The van der Waals surface area contributed by atoms with E-state index in [-0.39, 0.29) is 5.41 Å². The molecule has 0 spiro atoms. The SMILES string of the molecule is CC12C[I-]CC(CC1=O)C2(C)C. The van der Waals surface area contributed by atoms with Crippen LogP contribution < -0.4 is 21.2 Å². The summed E-state index contributed by atoms with van der Waals surface area (Å²) >= 11 is 0.340. The van der Waals surface area contributed by atoms with Crippen molar-refractivity contribution < 1.29 is 26.0 Å². The average molecular weight is 279 g/mol. The number of ketones is 1. The van der Waals surface area contributed by atoms with Crippen molar-refractivity contribution in [1.82, 2.24) is 0 Å². The molecule has 2 fully saturated rings. The molecule has 1 aliphatic heterocycles. The Balaban J connectivity index is 2.44. The first-order valence-corrected chi connectivity index (χ1v) is 7.60. The summed E-state index contributed by atoms with van der Waals surface area (Å²) in [5.41, 5.74) is 0.352. The fraction of sp³-hybridized carbons (Fsp3) is 0.900. The van der Waals surface area contributed by atoms with Gasteiger partial charge in [0.15, 0.2) is 0 Å². The van der Waals surface area contributed by atoms with Gasteiger partial charge in [0.1, 0.15) is 0 Å². The Labute approximate surface area is 84.6 Å². The molecule has 1 heterocycles. The molecule has 2 bridgehead atoms. The van der Waals surface area contributed by atoms with Crippen LogP contribution in [0.4, 0.5) is 0 Å². The number of hydrogen-bond acceptors (Lipinski definition) is 1. The number of Topliss-reactive ketones (excluding diaryl/α,β-unsaturated/α-hetero) is 1. The van der Waals surface area contributed by atoms with Crippen LogP contribution in [0.15, 0.2) is 0 Å². The number of hydrogen-bond donors (Lipinski definition) is 0. The molecule has 1 nitrogen and oxygen atoms in total. The Bertz CT molecular complexity index is 234. The third-order valence-electron chi connectivity index (χ3n) is 4.15. The number of fused-ring (bicyclic) bond motifs is 2. The van der Waals surface area contributed by atoms with E-state index in [0.29, 0.717) is 32.4 Å². The van der Waals surface area contributed by atoms with Crippen LogP contribution in [-0.4, -0.2) is 14.6 Å². The summed E-state index contributed by atoms with van der Waals surface area (Å²) in [6, 6.07) is 0. The molecule has 2 rings (SSSR count). The van der Waals surface area contributed by atoms with Gasteiger partial charge in [-0.1, -0.05) is 0 Å². The Morgan fingerprint density at radius 1 is 1.42 bits per heavy atom. The predicted molar refractivity (Wildman–Crippen MR) is 44.7 cm³/mol. The van der Waals surface area contributed by atoms with Gasteiger partial charge in [-0.15, -0.1) is 0 Å². The molecule has 2 aliphatic rings. The minimum atomic E-state index is 0.0587.